The molecule has 116 valence electrons. The van der Waals surface area contributed by atoms with Gasteiger partial charge in [-0.3, -0.25) is 4.79 Å². The first-order valence-electron chi connectivity index (χ1n) is 7.83. The van der Waals surface area contributed by atoms with Gasteiger partial charge in [-0.2, -0.15) is 0 Å². The zero-order chi connectivity index (χ0) is 13.9. The summed E-state index contributed by atoms with van der Waals surface area (Å²) in [6.07, 6.45) is 3.97. The van der Waals surface area contributed by atoms with Crippen LogP contribution < -0.4 is 5.32 Å². The van der Waals surface area contributed by atoms with Crippen molar-refractivity contribution in [2.24, 2.45) is 5.92 Å². The van der Waals surface area contributed by atoms with Crippen LogP contribution in [0.25, 0.3) is 0 Å². The molecule has 2 unspecified atom stereocenters. The number of amides is 1. The number of carbonyl (C=O) groups is 1. The third-order valence-electron chi connectivity index (χ3n) is 4.84. The lowest BCUT2D eigenvalue weighted by atomic mass is 9.93. The van der Waals surface area contributed by atoms with Gasteiger partial charge in [-0.15, -0.1) is 12.4 Å². The van der Waals surface area contributed by atoms with E-state index in [1.807, 2.05) is 0 Å². The monoisotopic (exact) mass is 308 g/mol. The van der Waals surface area contributed by atoms with Crippen LogP contribution in [-0.4, -0.2) is 30.4 Å². The van der Waals surface area contributed by atoms with Crippen LogP contribution in [0, 0.1) is 5.92 Å². The molecule has 0 spiro atoms. The molecule has 1 aromatic carbocycles. The molecule has 0 bridgehead atoms. The van der Waals surface area contributed by atoms with E-state index in [1.165, 1.54) is 17.5 Å². The number of nitrogens with one attached hydrogen (secondary N) is 1. The van der Waals surface area contributed by atoms with Crippen molar-refractivity contribution in [1.29, 1.82) is 0 Å². The lowest BCUT2D eigenvalue weighted by Gasteiger charge is -2.35. The predicted octanol–water partition coefficient (Wildman–Crippen LogP) is 2.94. The molecule has 0 aliphatic carbocycles. The van der Waals surface area contributed by atoms with Gasteiger partial charge in [0.05, 0.1) is 6.04 Å². The molecule has 3 nitrogen and oxygen atoms in total. The Morgan fingerprint density at radius 3 is 2.95 bits per heavy atom. The summed E-state index contributed by atoms with van der Waals surface area (Å²) in [6, 6.07) is 8.76. The van der Waals surface area contributed by atoms with Crippen LogP contribution in [0.3, 0.4) is 0 Å². The zero-order valence-corrected chi connectivity index (χ0v) is 13.5. The molecule has 4 heteroatoms. The highest BCUT2D eigenvalue weighted by atomic mass is 35.5. The van der Waals surface area contributed by atoms with Crippen LogP contribution in [0.1, 0.15) is 43.4 Å². The van der Waals surface area contributed by atoms with Gasteiger partial charge < -0.3 is 10.2 Å². The molecule has 1 fully saturated rings. The van der Waals surface area contributed by atoms with Crippen molar-refractivity contribution in [3.8, 4) is 0 Å². The number of hydrogen-bond donors (Lipinski definition) is 1. The van der Waals surface area contributed by atoms with Gasteiger partial charge in [0.25, 0.3) is 0 Å². The molecular formula is C17H25ClN2O. The minimum Gasteiger partial charge on any atom is -0.336 e. The molecule has 1 aromatic rings. The highest BCUT2D eigenvalue weighted by molar-refractivity contribution is 5.85. The van der Waals surface area contributed by atoms with Crippen molar-refractivity contribution in [2.75, 3.05) is 19.6 Å². The molecular weight excluding hydrogens is 284 g/mol. The summed E-state index contributed by atoms with van der Waals surface area (Å²) in [5.74, 6) is 1.03. The van der Waals surface area contributed by atoms with Crippen LogP contribution in [0.5, 0.6) is 0 Å². The highest BCUT2D eigenvalue weighted by Gasteiger charge is 2.27. The Morgan fingerprint density at radius 1 is 1.38 bits per heavy atom. The Labute approximate surface area is 133 Å². The molecule has 2 aliphatic rings. The smallest absolute Gasteiger partial charge is 0.223 e. The maximum Gasteiger partial charge on any atom is 0.223 e. The number of fused-ring (bicyclic) bond motifs is 1. The summed E-state index contributed by atoms with van der Waals surface area (Å²) in [4.78, 5) is 14.6. The van der Waals surface area contributed by atoms with E-state index in [0.717, 1.165) is 32.5 Å². The maximum absolute atomic E-state index is 12.5. The summed E-state index contributed by atoms with van der Waals surface area (Å²) in [5, 5.41) is 3.37. The van der Waals surface area contributed by atoms with E-state index in [-0.39, 0.29) is 18.4 Å². The Bertz CT molecular complexity index is 485. The molecule has 0 radical (unpaired) electrons. The lowest BCUT2D eigenvalue weighted by Crippen LogP contribution is -2.38. The molecule has 1 N–H and O–H groups in total. The van der Waals surface area contributed by atoms with Crippen LogP contribution in [0.4, 0.5) is 0 Å². The van der Waals surface area contributed by atoms with Gasteiger partial charge in [-0.25, -0.2) is 0 Å². The number of benzene rings is 1. The van der Waals surface area contributed by atoms with E-state index in [1.54, 1.807) is 0 Å². The van der Waals surface area contributed by atoms with E-state index in [9.17, 15) is 4.79 Å². The molecule has 0 aromatic heterocycles. The van der Waals surface area contributed by atoms with E-state index >= 15 is 0 Å². The number of halogens is 1. The first kappa shape index (κ1) is 16.3. The number of nitrogens with zero attached hydrogens (tertiary/aromatic N) is 1. The first-order valence-corrected chi connectivity index (χ1v) is 7.83. The third kappa shape index (κ3) is 3.58. The normalized spacial score (nSPS) is 24.3. The molecule has 2 heterocycles. The molecule has 1 saturated heterocycles. The lowest BCUT2D eigenvalue weighted by molar-refractivity contribution is -0.134. The van der Waals surface area contributed by atoms with Crippen LogP contribution in [0.15, 0.2) is 24.3 Å². The molecule has 2 atom stereocenters. The van der Waals surface area contributed by atoms with Crippen molar-refractivity contribution in [3.05, 3.63) is 35.4 Å². The van der Waals surface area contributed by atoms with Gasteiger partial charge in [-0.1, -0.05) is 24.3 Å². The largest absolute Gasteiger partial charge is 0.336 e. The summed E-state index contributed by atoms with van der Waals surface area (Å²) >= 11 is 0. The molecule has 21 heavy (non-hydrogen) atoms. The van der Waals surface area contributed by atoms with Crippen LogP contribution in [-0.2, 0) is 11.2 Å². The average molecular weight is 309 g/mol. The summed E-state index contributed by atoms with van der Waals surface area (Å²) in [6.45, 7) is 5.24. The Kier molecular flexibility index (Phi) is 5.65. The van der Waals surface area contributed by atoms with Crippen molar-refractivity contribution < 1.29 is 4.79 Å². The number of rotatable bonds is 3. The quantitative estimate of drug-likeness (QED) is 0.931. The minimum absolute atomic E-state index is 0. The second kappa shape index (κ2) is 7.28. The third-order valence-corrected chi connectivity index (χ3v) is 4.84. The van der Waals surface area contributed by atoms with Gasteiger partial charge in [0.2, 0.25) is 5.91 Å². The van der Waals surface area contributed by atoms with Crippen molar-refractivity contribution in [2.45, 2.75) is 38.6 Å². The average Bonchev–Trinajstić information content (AvgIpc) is 2.99. The second-order valence-corrected chi connectivity index (χ2v) is 6.11. The van der Waals surface area contributed by atoms with Gasteiger partial charge in [0.1, 0.15) is 0 Å². The molecule has 2 aliphatic heterocycles. The number of carbonyl (C=O) groups excluding carboxylic acids is 1. The van der Waals surface area contributed by atoms with Gasteiger partial charge >= 0.3 is 0 Å². The molecule has 1 amide bonds. The zero-order valence-electron chi connectivity index (χ0n) is 12.7. The Morgan fingerprint density at radius 2 is 2.19 bits per heavy atom. The predicted molar refractivity (Wildman–Crippen MR) is 87.7 cm³/mol. The summed E-state index contributed by atoms with van der Waals surface area (Å²) in [5.41, 5.74) is 2.73. The van der Waals surface area contributed by atoms with Gasteiger partial charge in [0.15, 0.2) is 0 Å². The van der Waals surface area contributed by atoms with E-state index < -0.39 is 0 Å². The van der Waals surface area contributed by atoms with Gasteiger partial charge in [-0.05, 0) is 56.3 Å². The van der Waals surface area contributed by atoms with Crippen LogP contribution in [0.2, 0.25) is 0 Å². The molecule has 3 rings (SSSR count). The highest BCUT2D eigenvalue weighted by Crippen LogP contribution is 2.30. The maximum atomic E-state index is 12.5. The van der Waals surface area contributed by atoms with Gasteiger partial charge in [0, 0.05) is 13.0 Å². The number of hydrogen-bond acceptors (Lipinski definition) is 2. The Hall–Kier alpha value is -1.06. The standard InChI is InChI=1S/C17H24N2O.ClH/c1-13-16-5-3-2-4-15(16)9-11-19(13)17(20)7-6-14-8-10-18-12-14;/h2-5,13-14,18H,6-12H2,1H3;1H. The topological polar surface area (TPSA) is 32.3 Å². The molecule has 0 saturated carbocycles. The second-order valence-electron chi connectivity index (χ2n) is 6.11. The van der Waals surface area contributed by atoms with Crippen molar-refractivity contribution in [3.63, 3.8) is 0 Å². The van der Waals surface area contributed by atoms with Crippen molar-refractivity contribution >= 4 is 18.3 Å². The fourth-order valence-corrected chi connectivity index (χ4v) is 3.54. The van der Waals surface area contributed by atoms with E-state index in [0.29, 0.717) is 18.2 Å². The fraction of sp³-hybridized carbons (Fsp3) is 0.588. The van der Waals surface area contributed by atoms with Crippen LogP contribution >= 0.6 is 12.4 Å². The Balaban J connectivity index is 0.00000161. The first-order chi connectivity index (χ1) is 9.75. The van der Waals surface area contributed by atoms with E-state index in [4.69, 9.17) is 0 Å². The fourth-order valence-electron chi connectivity index (χ4n) is 3.54. The van der Waals surface area contributed by atoms with Crippen molar-refractivity contribution in [1.82, 2.24) is 10.2 Å². The SMILES string of the molecule is CC1c2ccccc2CCN1C(=O)CCC1CCNC1.Cl. The minimum atomic E-state index is 0. The summed E-state index contributed by atoms with van der Waals surface area (Å²) < 4.78 is 0. The summed E-state index contributed by atoms with van der Waals surface area (Å²) in [7, 11) is 0. The van der Waals surface area contributed by atoms with E-state index in [2.05, 4.69) is 41.4 Å².